The lowest BCUT2D eigenvalue weighted by Gasteiger charge is -2.36. The average Bonchev–Trinajstić information content (AvgIpc) is 3.61. The number of methoxy groups -OCH3 is 2. The molecule has 1 aromatic heterocycles. The molecule has 1 aliphatic rings. The van der Waals surface area contributed by atoms with Crippen molar-refractivity contribution in [1.29, 1.82) is 0 Å². The van der Waals surface area contributed by atoms with Gasteiger partial charge in [-0.1, -0.05) is 46.0 Å². The van der Waals surface area contributed by atoms with Gasteiger partial charge in [0.05, 0.1) is 0 Å². The second-order valence-corrected chi connectivity index (χ2v) is 10.6. The molecule has 0 aromatic carbocycles. The largest absolute Gasteiger partial charge is 0.372 e. The van der Waals surface area contributed by atoms with Crippen LogP contribution in [0.4, 0.5) is 0 Å². The summed E-state index contributed by atoms with van der Waals surface area (Å²) in [5, 5.41) is 0. The molecule has 1 fully saturated rings. The maximum absolute atomic E-state index is 13.5. The Balaban J connectivity index is 2.25. The predicted molar refractivity (Wildman–Crippen MR) is 135 cm³/mol. The molecule has 6 heteroatoms. The molecule has 2 atom stereocenters. The molecule has 184 valence electrons. The van der Waals surface area contributed by atoms with E-state index >= 15 is 0 Å². The minimum Gasteiger partial charge on any atom is -0.372 e. The molecule has 0 N–H and O–H groups in total. The van der Waals surface area contributed by atoms with Gasteiger partial charge >= 0.3 is 0 Å². The molecular weight excluding hydrogens is 434 g/mol. The van der Waals surface area contributed by atoms with Crippen molar-refractivity contribution in [3.8, 4) is 11.8 Å². The number of ketones is 1. The lowest BCUT2D eigenvalue weighted by Crippen LogP contribution is -2.50. The minimum atomic E-state index is -1.12. The van der Waals surface area contributed by atoms with Gasteiger partial charge in [0.1, 0.15) is 13.4 Å². The topological polar surface area (TPSA) is 57.7 Å². The molecule has 0 bridgehead atoms. The number of hydrogen-bond acceptors (Lipinski definition) is 6. The van der Waals surface area contributed by atoms with Crippen LogP contribution in [0.5, 0.6) is 0 Å². The molecule has 2 rings (SSSR count). The average molecular weight is 476 g/mol. The van der Waals surface area contributed by atoms with Crippen molar-refractivity contribution in [2.24, 2.45) is 17.8 Å². The van der Waals surface area contributed by atoms with E-state index in [1.807, 2.05) is 18.0 Å². The van der Waals surface area contributed by atoms with E-state index in [2.05, 4.69) is 49.7 Å². The van der Waals surface area contributed by atoms with Crippen LogP contribution in [0.25, 0.3) is 0 Å². The Labute approximate surface area is 204 Å². The van der Waals surface area contributed by atoms with E-state index in [1.165, 1.54) is 31.2 Å². The van der Waals surface area contributed by atoms with Gasteiger partial charge in [-0.25, -0.2) is 0 Å². The normalized spacial score (nSPS) is 16.2. The van der Waals surface area contributed by atoms with Gasteiger partial charge in [0, 0.05) is 38.4 Å². The number of aryl methyl sites for hydroxylation is 1. The van der Waals surface area contributed by atoms with E-state index in [9.17, 15) is 4.79 Å². The summed E-state index contributed by atoms with van der Waals surface area (Å²) in [6, 6.07) is 4.21. The van der Waals surface area contributed by atoms with Crippen LogP contribution in [0.2, 0.25) is 0 Å². The van der Waals surface area contributed by atoms with Crippen LogP contribution in [0.1, 0.15) is 57.7 Å². The summed E-state index contributed by atoms with van der Waals surface area (Å²) in [5.41, 5.74) is 0.999. The Kier molecular flexibility index (Phi) is 12.5. The number of rotatable bonds is 16. The molecule has 1 aromatic rings. The Morgan fingerprint density at radius 2 is 2.03 bits per heavy atom. The fraction of sp³-hybridized carbons (Fsp3) is 0.704. The number of thioether (sulfide) groups is 1. The van der Waals surface area contributed by atoms with Crippen LogP contribution in [-0.2, 0) is 31.8 Å². The van der Waals surface area contributed by atoms with Gasteiger partial charge in [0.25, 0.3) is 0 Å². The fourth-order valence-corrected chi connectivity index (χ4v) is 5.09. The zero-order chi connectivity index (χ0) is 24.1. The Morgan fingerprint density at radius 3 is 2.70 bits per heavy atom. The summed E-state index contributed by atoms with van der Waals surface area (Å²) in [4.78, 5) is 18.1. The number of Topliss-reactive ketones (excluding diaryl/α,β-unsaturated/α-hetero) is 1. The Hall–Kier alpha value is -1.39. The van der Waals surface area contributed by atoms with Crippen LogP contribution in [0.3, 0.4) is 0 Å². The summed E-state index contributed by atoms with van der Waals surface area (Å²) in [5.74, 6) is 8.63. The quantitative estimate of drug-likeness (QED) is 0.191. The van der Waals surface area contributed by atoms with Crippen molar-refractivity contribution < 1.29 is 19.0 Å². The Morgan fingerprint density at radius 1 is 1.24 bits per heavy atom. The molecule has 0 aliphatic heterocycles. The summed E-state index contributed by atoms with van der Waals surface area (Å²) < 4.78 is 16.4. The van der Waals surface area contributed by atoms with Crippen LogP contribution >= 0.6 is 11.8 Å². The van der Waals surface area contributed by atoms with Crippen LogP contribution in [-0.4, -0.2) is 55.5 Å². The molecule has 0 radical (unpaired) electrons. The molecule has 0 amide bonds. The third-order valence-corrected chi connectivity index (χ3v) is 7.59. The molecule has 0 saturated heterocycles. The molecule has 5 nitrogen and oxygen atoms in total. The highest BCUT2D eigenvalue weighted by atomic mass is 32.2. The van der Waals surface area contributed by atoms with E-state index in [1.54, 1.807) is 14.2 Å². The van der Waals surface area contributed by atoms with Gasteiger partial charge in [-0.2, -0.15) is 11.8 Å². The number of carbonyl (C=O) groups excluding carboxylic acids is 1. The SMILES string of the molecule is COCC#CC(=O)[C@](Cc1cc(CCCC2CC2)ccn1)(OCOC)[C@@H](C)CSCC(C)C. The van der Waals surface area contributed by atoms with E-state index in [4.69, 9.17) is 14.2 Å². The van der Waals surface area contributed by atoms with Gasteiger partial charge in [-0.3, -0.25) is 9.78 Å². The standard InChI is InChI=1S/C27H41NO4S/c1-21(2)18-33-19-22(3)27(32-20-31-5,26(29)10-7-15-30-4)17-25-16-24(13-14-28-25)9-6-8-23-11-12-23/h13-14,16,21-23H,6,8-9,11-12,15,17-20H2,1-5H3/t22-,27+/m0/s1. The van der Waals surface area contributed by atoms with Crippen LogP contribution < -0.4 is 0 Å². The first-order valence-electron chi connectivity index (χ1n) is 12.1. The summed E-state index contributed by atoms with van der Waals surface area (Å²) >= 11 is 1.84. The van der Waals surface area contributed by atoms with Crippen molar-refractivity contribution in [3.63, 3.8) is 0 Å². The fourth-order valence-electron chi connectivity index (χ4n) is 3.86. The highest BCUT2D eigenvalue weighted by molar-refractivity contribution is 7.99. The molecular formula is C27H41NO4S. The molecule has 0 unspecified atom stereocenters. The lowest BCUT2D eigenvalue weighted by atomic mass is 9.81. The molecule has 1 heterocycles. The van der Waals surface area contributed by atoms with Crippen LogP contribution in [0.15, 0.2) is 18.3 Å². The first-order valence-corrected chi connectivity index (χ1v) is 13.2. The van der Waals surface area contributed by atoms with Crippen molar-refractivity contribution in [2.75, 3.05) is 39.1 Å². The molecule has 1 aliphatic carbocycles. The van der Waals surface area contributed by atoms with Gasteiger partial charge in [-0.15, -0.1) is 0 Å². The lowest BCUT2D eigenvalue weighted by molar-refractivity contribution is -0.167. The van der Waals surface area contributed by atoms with Gasteiger partial charge in [-0.05, 0) is 59.8 Å². The Bertz CT molecular complexity index is 784. The van der Waals surface area contributed by atoms with Crippen molar-refractivity contribution in [3.05, 3.63) is 29.6 Å². The third kappa shape index (κ3) is 9.78. The van der Waals surface area contributed by atoms with E-state index in [-0.39, 0.29) is 25.1 Å². The monoisotopic (exact) mass is 475 g/mol. The van der Waals surface area contributed by atoms with Gasteiger partial charge in [0.15, 0.2) is 5.60 Å². The highest BCUT2D eigenvalue weighted by Gasteiger charge is 2.44. The maximum Gasteiger partial charge on any atom is 0.238 e. The molecule has 33 heavy (non-hydrogen) atoms. The number of pyridine rings is 1. The highest BCUT2D eigenvalue weighted by Crippen LogP contribution is 2.34. The maximum atomic E-state index is 13.5. The third-order valence-electron chi connectivity index (χ3n) is 5.95. The first kappa shape index (κ1) is 27.9. The first-order chi connectivity index (χ1) is 15.9. The van der Waals surface area contributed by atoms with Gasteiger partial charge < -0.3 is 14.2 Å². The summed E-state index contributed by atoms with van der Waals surface area (Å²) in [6.45, 7) is 6.70. The number of ether oxygens (including phenoxy) is 3. The molecule has 1 saturated carbocycles. The number of nitrogens with zero attached hydrogens (tertiary/aromatic N) is 1. The zero-order valence-electron chi connectivity index (χ0n) is 21.0. The molecule has 0 spiro atoms. The van der Waals surface area contributed by atoms with Crippen molar-refractivity contribution in [1.82, 2.24) is 4.98 Å². The summed E-state index contributed by atoms with van der Waals surface area (Å²) in [6.07, 6.45) is 8.54. The smallest absolute Gasteiger partial charge is 0.238 e. The number of hydrogen-bond donors (Lipinski definition) is 0. The van der Waals surface area contributed by atoms with Gasteiger partial charge in [0.2, 0.25) is 5.78 Å². The van der Waals surface area contributed by atoms with E-state index in [0.717, 1.165) is 29.5 Å². The van der Waals surface area contributed by atoms with Crippen LogP contribution in [0, 0.1) is 29.6 Å². The van der Waals surface area contributed by atoms with E-state index in [0.29, 0.717) is 12.3 Å². The van der Waals surface area contributed by atoms with Crippen molar-refractivity contribution >= 4 is 17.5 Å². The second kappa shape index (κ2) is 14.8. The summed E-state index contributed by atoms with van der Waals surface area (Å²) in [7, 11) is 3.14. The minimum absolute atomic E-state index is 0.0258. The second-order valence-electron chi connectivity index (χ2n) is 9.50. The zero-order valence-corrected chi connectivity index (χ0v) is 21.8. The number of aromatic nitrogens is 1. The predicted octanol–water partition coefficient (Wildman–Crippen LogP) is 4.96. The van der Waals surface area contributed by atoms with Crippen molar-refractivity contribution in [2.45, 2.75) is 64.9 Å². The number of carbonyl (C=O) groups is 1. The van der Waals surface area contributed by atoms with E-state index < -0.39 is 5.60 Å².